The Hall–Kier alpha value is -3.06. The Balaban J connectivity index is 1.70. The Morgan fingerprint density at radius 2 is 1.94 bits per heavy atom. The minimum atomic E-state index is -0.751. The number of Topliss-reactive ketones (excluding diaryl/α,β-unsaturated/α-hetero) is 1. The molecule has 1 aromatic carbocycles. The van der Waals surface area contributed by atoms with Gasteiger partial charge in [-0.3, -0.25) is 9.59 Å². The lowest BCUT2D eigenvalue weighted by molar-refractivity contribution is -0.140. The quantitative estimate of drug-likeness (QED) is 0.369. The van der Waals surface area contributed by atoms with E-state index in [-0.39, 0.29) is 17.4 Å². The van der Waals surface area contributed by atoms with Crippen LogP contribution >= 0.6 is 0 Å². The summed E-state index contributed by atoms with van der Waals surface area (Å²) in [6, 6.07) is 8.20. The topological polar surface area (TPSA) is 83.2 Å². The lowest BCUT2D eigenvalue weighted by atomic mass is 9.97. The summed E-state index contributed by atoms with van der Waals surface area (Å²) < 4.78 is 11.6. The highest BCUT2D eigenvalue weighted by atomic mass is 16.5. The molecule has 2 atom stereocenters. The average Bonchev–Trinajstić information content (AvgIpc) is 3.46. The van der Waals surface area contributed by atoms with Gasteiger partial charge in [0.25, 0.3) is 11.7 Å². The summed E-state index contributed by atoms with van der Waals surface area (Å²) in [5, 5.41) is 11.2. The zero-order valence-corrected chi connectivity index (χ0v) is 19.8. The van der Waals surface area contributed by atoms with Gasteiger partial charge < -0.3 is 24.1 Å². The third-order valence-corrected chi connectivity index (χ3v) is 6.51. The smallest absolute Gasteiger partial charge is 0.295 e. The Bertz CT molecular complexity index is 1080. The van der Waals surface area contributed by atoms with Crippen molar-refractivity contribution >= 4 is 17.4 Å². The largest absolute Gasteiger partial charge is 0.507 e. The number of amides is 1. The van der Waals surface area contributed by atoms with Crippen molar-refractivity contribution in [2.75, 3.05) is 26.2 Å². The van der Waals surface area contributed by atoms with Crippen molar-refractivity contribution in [3.63, 3.8) is 0 Å². The van der Waals surface area contributed by atoms with Gasteiger partial charge in [-0.1, -0.05) is 13.8 Å². The fourth-order valence-corrected chi connectivity index (χ4v) is 4.74. The van der Waals surface area contributed by atoms with Crippen molar-refractivity contribution < 1.29 is 23.8 Å². The second-order valence-corrected chi connectivity index (χ2v) is 8.78. The van der Waals surface area contributed by atoms with Crippen molar-refractivity contribution in [3.05, 3.63) is 58.6 Å². The molecule has 176 valence electrons. The van der Waals surface area contributed by atoms with E-state index in [1.165, 1.54) is 4.90 Å². The molecule has 1 saturated heterocycles. The first-order valence-corrected chi connectivity index (χ1v) is 11.7. The van der Waals surface area contributed by atoms with Crippen molar-refractivity contribution in [1.82, 2.24) is 9.80 Å². The van der Waals surface area contributed by atoms with E-state index in [1.54, 1.807) is 24.3 Å². The highest BCUT2D eigenvalue weighted by Gasteiger charge is 2.47. The van der Waals surface area contributed by atoms with Crippen LogP contribution in [0, 0.1) is 6.92 Å². The maximum atomic E-state index is 13.1. The number of aliphatic hydroxyl groups is 1. The second-order valence-electron chi connectivity index (χ2n) is 8.78. The van der Waals surface area contributed by atoms with Gasteiger partial charge >= 0.3 is 0 Å². The Kier molecular flexibility index (Phi) is 6.61. The van der Waals surface area contributed by atoms with Crippen LogP contribution in [0.25, 0.3) is 5.76 Å². The predicted octanol–water partition coefficient (Wildman–Crippen LogP) is 4.07. The van der Waals surface area contributed by atoms with E-state index in [4.69, 9.17) is 9.15 Å². The van der Waals surface area contributed by atoms with Crippen LogP contribution in [0.4, 0.5) is 0 Å². The Labute approximate surface area is 194 Å². The van der Waals surface area contributed by atoms with E-state index in [1.807, 2.05) is 19.9 Å². The molecule has 0 unspecified atom stereocenters. The zero-order chi connectivity index (χ0) is 23.7. The molecule has 2 aliphatic heterocycles. The number of hydrogen-bond donors (Lipinski definition) is 1. The van der Waals surface area contributed by atoms with E-state index < -0.39 is 17.7 Å². The van der Waals surface area contributed by atoms with Gasteiger partial charge in [-0.2, -0.15) is 0 Å². The molecule has 0 saturated carbocycles. The molecule has 0 spiro atoms. The van der Waals surface area contributed by atoms with E-state index in [2.05, 4.69) is 18.7 Å². The maximum Gasteiger partial charge on any atom is 0.295 e. The van der Waals surface area contributed by atoms with Crippen LogP contribution in [0.15, 0.2) is 40.3 Å². The van der Waals surface area contributed by atoms with Crippen molar-refractivity contribution in [3.8, 4) is 5.75 Å². The van der Waals surface area contributed by atoms with E-state index >= 15 is 0 Å². The van der Waals surface area contributed by atoms with Gasteiger partial charge in [0.15, 0.2) is 0 Å². The van der Waals surface area contributed by atoms with Crippen LogP contribution in [0.3, 0.4) is 0 Å². The number of rotatable bonds is 8. The summed E-state index contributed by atoms with van der Waals surface area (Å²) in [7, 11) is 0. The van der Waals surface area contributed by atoms with Crippen LogP contribution in [0.5, 0.6) is 5.75 Å². The number of ether oxygens (including phenoxy) is 1. The second kappa shape index (κ2) is 9.43. The molecular formula is C26H32N2O5. The Morgan fingerprint density at radius 3 is 2.61 bits per heavy atom. The molecule has 0 bridgehead atoms. The fraction of sp³-hybridized carbons (Fsp3) is 0.462. The molecule has 2 aliphatic rings. The SMILES string of the molecule is CCN(CC)CCCN1C(=O)C(=O)C(=C(O)c2ccc3c(c2)C[C@@H](C)O3)[C@@H]1c1ccc(C)o1. The molecule has 3 heterocycles. The minimum absolute atomic E-state index is 0.0693. The summed E-state index contributed by atoms with van der Waals surface area (Å²) >= 11 is 0. The van der Waals surface area contributed by atoms with Gasteiger partial charge in [0.2, 0.25) is 0 Å². The zero-order valence-electron chi connectivity index (χ0n) is 19.8. The highest BCUT2D eigenvalue weighted by Crippen LogP contribution is 2.41. The van der Waals surface area contributed by atoms with E-state index in [9.17, 15) is 14.7 Å². The molecule has 0 radical (unpaired) electrons. The lowest BCUT2D eigenvalue weighted by Crippen LogP contribution is -2.33. The van der Waals surface area contributed by atoms with Crippen LogP contribution in [-0.4, -0.2) is 58.9 Å². The molecule has 0 aliphatic carbocycles. The monoisotopic (exact) mass is 452 g/mol. The third-order valence-electron chi connectivity index (χ3n) is 6.51. The number of likely N-dealkylation sites (tertiary alicyclic amines) is 1. The number of hydrogen-bond acceptors (Lipinski definition) is 6. The fourth-order valence-electron chi connectivity index (χ4n) is 4.74. The Morgan fingerprint density at radius 1 is 1.18 bits per heavy atom. The van der Waals surface area contributed by atoms with Crippen molar-refractivity contribution in [2.45, 2.75) is 52.7 Å². The van der Waals surface area contributed by atoms with E-state index in [0.717, 1.165) is 43.8 Å². The van der Waals surface area contributed by atoms with Gasteiger partial charge in [0, 0.05) is 18.5 Å². The predicted molar refractivity (Wildman–Crippen MR) is 125 cm³/mol. The lowest BCUT2D eigenvalue weighted by Gasteiger charge is -2.25. The number of furan rings is 1. The summed E-state index contributed by atoms with van der Waals surface area (Å²) in [6.45, 7) is 11.1. The van der Waals surface area contributed by atoms with Gasteiger partial charge in [0.1, 0.15) is 35.2 Å². The first-order chi connectivity index (χ1) is 15.8. The summed E-state index contributed by atoms with van der Waals surface area (Å²) in [4.78, 5) is 30.0. The average molecular weight is 453 g/mol. The molecule has 1 N–H and O–H groups in total. The summed E-state index contributed by atoms with van der Waals surface area (Å²) in [5.74, 6) is 0.486. The van der Waals surface area contributed by atoms with E-state index in [0.29, 0.717) is 23.6 Å². The van der Waals surface area contributed by atoms with Crippen molar-refractivity contribution in [2.24, 2.45) is 0 Å². The van der Waals surface area contributed by atoms with Crippen molar-refractivity contribution in [1.29, 1.82) is 0 Å². The minimum Gasteiger partial charge on any atom is -0.507 e. The summed E-state index contributed by atoms with van der Waals surface area (Å²) in [6.07, 6.45) is 1.52. The molecule has 4 rings (SSSR count). The van der Waals surface area contributed by atoms with Crippen LogP contribution in [-0.2, 0) is 16.0 Å². The van der Waals surface area contributed by atoms with Crippen LogP contribution < -0.4 is 4.74 Å². The van der Waals surface area contributed by atoms with Crippen LogP contribution in [0.2, 0.25) is 0 Å². The number of benzene rings is 1. The number of aryl methyl sites for hydroxylation is 1. The third kappa shape index (κ3) is 4.42. The molecule has 1 amide bonds. The standard InChI is InChI=1S/C26H32N2O5/c1-5-27(6-2)12-7-13-28-23(21-10-8-16(3)32-21)22(25(30)26(28)31)24(29)18-9-11-20-19(15-18)14-17(4)33-20/h8-11,15,17,23,29H,5-7,12-14H2,1-4H3/t17-,23+/m1/s1. The van der Waals surface area contributed by atoms with Crippen LogP contribution in [0.1, 0.15) is 55.9 Å². The normalized spacial score (nSPS) is 21.7. The molecule has 1 fully saturated rings. The first kappa shape index (κ1) is 23.1. The molecule has 7 heteroatoms. The van der Waals surface area contributed by atoms with Gasteiger partial charge in [-0.15, -0.1) is 0 Å². The van der Waals surface area contributed by atoms with Gasteiger partial charge in [-0.05, 0) is 75.8 Å². The summed E-state index contributed by atoms with van der Waals surface area (Å²) in [5.41, 5.74) is 1.55. The maximum absolute atomic E-state index is 13.1. The number of ketones is 1. The number of fused-ring (bicyclic) bond motifs is 1. The number of carbonyl (C=O) groups is 2. The molecule has 1 aromatic heterocycles. The number of carbonyl (C=O) groups excluding carboxylic acids is 2. The molecular weight excluding hydrogens is 420 g/mol. The highest BCUT2D eigenvalue weighted by molar-refractivity contribution is 6.46. The van der Waals surface area contributed by atoms with Gasteiger partial charge in [-0.25, -0.2) is 0 Å². The first-order valence-electron chi connectivity index (χ1n) is 11.7. The molecule has 7 nitrogen and oxygen atoms in total. The number of nitrogens with zero attached hydrogens (tertiary/aromatic N) is 2. The molecule has 33 heavy (non-hydrogen) atoms. The van der Waals surface area contributed by atoms with Gasteiger partial charge in [0.05, 0.1) is 5.57 Å². The number of aliphatic hydroxyl groups excluding tert-OH is 1. The molecule has 2 aromatic rings.